The first kappa shape index (κ1) is 20.1. The molecule has 0 spiro atoms. The lowest BCUT2D eigenvalue weighted by atomic mass is 10.0. The maximum atomic E-state index is 10.4. The van der Waals surface area contributed by atoms with Crippen molar-refractivity contribution >= 4 is 29.2 Å². The molecule has 0 saturated carbocycles. The average molecular weight is 325 g/mol. The van der Waals surface area contributed by atoms with E-state index in [0.29, 0.717) is 0 Å². The minimum absolute atomic E-state index is 0.0251. The van der Waals surface area contributed by atoms with E-state index in [4.69, 9.17) is 28.3 Å². The first-order chi connectivity index (χ1) is 9.57. The van der Waals surface area contributed by atoms with Crippen LogP contribution >= 0.6 is 23.2 Å². The van der Waals surface area contributed by atoms with Gasteiger partial charge in [0.05, 0.1) is 0 Å². The van der Waals surface area contributed by atoms with Gasteiger partial charge in [0.15, 0.2) is 0 Å². The maximum absolute atomic E-state index is 10.4. The largest absolute Gasteiger partial charge is 0.481 e. The van der Waals surface area contributed by atoms with Gasteiger partial charge in [-0.1, -0.05) is 58.3 Å². The van der Waals surface area contributed by atoms with Gasteiger partial charge in [-0.25, -0.2) is 0 Å². The third-order valence-corrected chi connectivity index (χ3v) is 4.77. The van der Waals surface area contributed by atoms with Gasteiger partial charge in [0, 0.05) is 17.2 Å². The van der Waals surface area contributed by atoms with Gasteiger partial charge in [-0.3, -0.25) is 4.79 Å². The number of aliphatic carboxylic acids is 1. The zero-order valence-corrected chi connectivity index (χ0v) is 14.3. The number of hydrogen-bond acceptors (Lipinski definition) is 1. The van der Waals surface area contributed by atoms with Crippen molar-refractivity contribution in [3.05, 3.63) is 0 Å². The molecule has 0 aliphatic carbocycles. The van der Waals surface area contributed by atoms with Crippen LogP contribution in [0.25, 0.3) is 0 Å². The quantitative estimate of drug-likeness (QED) is 0.315. The Hall–Kier alpha value is 0.0500. The predicted molar refractivity (Wildman–Crippen MR) is 88.0 cm³/mol. The van der Waals surface area contributed by atoms with Gasteiger partial charge in [-0.05, 0) is 19.3 Å². The van der Waals surface area contributed by atoms with Crippen LogP contribution in [0.5, 0.6) is 0 Å². The fourth-order valence-electron chi connectivity index (χ4n) is 2.27. The zero-order valence-electron chi connectivity index (χ0n) is 12.8. The zero-order chi connectivity index (χ0) is 15.2. The van der Waals surface area contributed by atoms with E-state index in [2.05, 4.69) is 6.92 Å². The van der Waals surface area contributed by atoms with Gasteiger partial charge in [0.1, 0.15) is 0 Å². The fraction of sp³-hybridized carbons (Fsp3) is 0.938. The van der Waals surface area contributed by atoms with Crippen molar-refractivity contribution in [2.24, 2.45) is 0 Å². The molecular weight excluding hydrogens is 295 g/mol. The minimum atomic E-state index is -0.717. The number of hydrogen-bond donors (Lipinski definition) is 1. The summed E-state index contributed by atoms with van der Waals surface area (Å²) in [5, 5.41) is 8.62. The van der Waals surface area contributed by atoms with Gasteiger partial charge in [-0.2, -0.15) is 0 Å². The second-order valence-corrected chi connectivity index (χ2v) is 6.70. The highest BCUT2D eigenvalue weighted by Gasteiger charge is 2.15. The van der Waals surface area contributed by atoms with E-state index < -0.39 is 5.97 Å². The Morgan fingerprint density at radius 3 is 1.80 bits per heavy atom. The van der Waals surface area contributed by atoms with Crippen molar-refractivity contribution in [3.63, 3.8) is 0 Å². The van der Waals surface area contributed by atoms with E-state index in [1.165, 1.54) is 38.5 Å². The van der Waals surface area contributed by atoms with Crippen LogP contribution in [0, 0.1) is 0 Å². The Balaban J connectivity index is 3.41. The molecule has 1 N–H and O–H groups in total. The molecule has 0 radical (unpaired) electrons. The molecule has 0 aliphatic heterocycles. The molecular formula is C16H30Cl2O2. The Morgan fingerprint density at radius 1 is 0.850 bits per heavy atom. The molecule has 2 atom stereocenters. The Bertz CT molecular complexity index is 235. The van der Waals surface area contributed by atoms with Crippen LogP contribution in [0.15, 0.2) is 0 Å². The SMILES string of the molecule is CCCCCCCC[C@@H](Cl)[C@H](Cl)CCCCCC(=O)O. The Morgan fingerprint density at radius 2 is 1.30 bits per heavy atom. The van der Waals surface area contributed by atoms with Gasteiger partial charge >= 0.3 is 5.97 Å². The fourth-order valence-corrected chi connectivity index (χ4v) is 2.83. The van der Waals surface area contributed by atoms with Gasteiger partial charge in [-0.15, -0.1) is 23.2 Å². The topological polar surface area (TPSA) is 37.3 Å². The summed E-state index contributed by atoms with van der Waals surface area (Å²) in [7, 11) is 0. The van der Waals surface area contributed by atoms with Gasteiger partial charge < -0.3 is 5.11 Å². The van der Waals surface area contributed by atoms with Crippen molar-refractivity contribution in [1.82, 2.24) is 0 Å². The van der Waals surface area contributed by atoms with Crippen LogP contribution in [-0.2, 0) is 4.79 Å². The van der Waals surface area contributed by atoms with E-state index in [-0.39, 0.29) is 17.2 Å². The number of carboxylic acids is 1. The molecule has 0 saturated heterocycles. The van der Waals surface area contributed by atoms with Crippen LogP contribution in [-0.4, -0.2) is 21.8 Å². The molecule has 20 heavy (non-hydrogen) atoms. The van der Waals surface area contributed by atoms with Gasteiger partial charge in [0.25, 0.3) is 0 Å². The molecule has 2 nitrogen and oxygen atoms in total. The molecule has 0 unspecified atom stereocenters. The number of carbonyl (C=O) groups is 1. The van der Waals surface area contributed by atoms with Crippen molar-refractivity contribution in [2.75, 3.05) is 0 Å². The summed E-state index contributed by atoms with van der Waals surface area (Å²) in [6.07, 6.45) is 12.5. The number of carboxylic acid groups (broad SMARTS) is 1. The minimum Gasteiger partial charge on any atom is -0.481 e. The molecule has 0 aromatic heterocycles. The van der Waals surface area contributed by atoms with Crippen LogP contribution in [0.1, 0.15) is 84.0 Å². The van der Waals surface area contributed by atoms with E-state index in [1.54, 1.807) is 0 Å². The molecule has 0 aromatic rings. The summed E-state index contributed by atoms with van der Waals surface area (Å²) in [4.78, 5) is 10.4. The first-order valence-electron chi connectivity index (χ1n) is 8.07. The molecule has 120 valence electrons. The summed E-state index contributed by atoms with van der Waals surface area (Å²) in [5.41, 5.74) is 0. The van der Waals surface area contributed by atoms with E-state index in [9.17, 15) is 4.79 Å². The van der Waals surface area contributed by atoms with Crippen molar-refractivity contribution < 1.29 is 9.90 Å². The maximum Gasteiger partial charge on any atom is 0.303 e. The van der Waals surface area contributed by atoms with Crippen molar-refractivity contribution in [2.45, 2.75) is 94.7 Å². The second-order valence-electron chi connectivity index (χ2n) is 5.58. The second kappa shape index (κ2) is 14.0. The molecule has 0 rings (SSSR count). The van der Waals surface area contributed by atoms with Crippen LogP contribution in [0.4, 0.5) is 0 Å². The molecule has 4 heteroatoms. The smallest absolute Gasteiger partial charge is 0.303 e. The third kappa shape index (κ3) is 13.1. The average Bonchev–Trinajstić information content (AvgIpc) is 2.41. The van der Waals surface area contributed by atoms with Gasteiger partial charge in [0.2, 0.25) is 0 Å². The van der Waals surface area contributed by atoms with Crippen LogP contribution < -0.4 is 0 Å². The molecule has 0 heterocycles. The number of unbranched alkanes of at least 4 members (excludes halogenated alkanes) is 7. The molecule has 0 aromatic carbocycles. The van der Waals surface area contributed by atoms with Crippen LogP contribution in [0.3, 0.4) is 0 Å². The predicted octanol–water partition coefficient (Wildman–Crippen LogP) is 5.99. The number of halogens is 2. The molecule has 0 aliphatic rings. The summed E-state index contributed by atoms with van der Waals surface area (Å²) in [6.45, 7) is 2.23. The highest BCUT2D eigenvalue weighted by molar-refractivity contribution is 6.29. The summed E-state index contributed by atoms with van der Waals surface area (Å²) in [6, 6.07) is 0. The van der Waals surface area contributed by atoms with Crippen molar-refractivity contribution in [3.8, 4) is 0 Å². The third-order valence-electron chi connectivity index (χ3n) is 3.60. The lowest BCUT2D eigenvalue weighted by Crippen LogP contribution is -2.14. The van der Waals surface area contributed by atoms with E-state index >= 15 is 0 Å². The van der Waals surface area contributed by atoms with Crippen LogP contribution in [0.2, 0.25) is 0 Å². The Labute approximate surface area is 134 Å². The monoisotopic (exact) mass is 324 g/mol. The lowest BCUT2D eigenvalue weighted by molar-refractivity contribution is -0.137. The highest BCUT2D eigenvalue weighted by atomic mass is 35.5. The van der Waals surface area contributed by atoms with Crippen molar-refractivity contribution in [1.29, 1.82) is 0 Å². The summed E-state index contributed by atoms with van der Waals surface area (Å²) >= 11 is 12.6. The highest BCUT2D eigenvalue weighted by Crippen LogP contribution is 2.22. The molecule has 0 amide bonds. The Kier molecular flexibility index (Phi) is 14.0. The number of rotatable bonds is 14. The molecule has 0 fully saturated rings. The van der Waals surface area contributed by atoms with E-state index in [0.717, 1.165) is 32.1 Å². The van der Waals surface area contributed by atoms with E-state index in [1.807, 2.05) is 0 Å². The number of alkyl halides is 2. The normalized spacial score (nSPS) is 14.2. The molecule has 0 bridgehead atoms. The standard InChI is InChI=1S/C16H30Cl2O2/c1-2-3-4-5-6-8-11-14(17)15(18)12-9-7-10-13-16(19)20/h14-15H,2-13H2,1H3,(H,19,20)/t14-,15-/m1/s1. The lowest BCUT2D eigenvalue weighted by Gasteiger charge is -2.15. The summed E-state index contributed by atoms with van der Waals surface area (Å²) in [5.74, 6) is -0.717. The summed E-state index contributed by atoms with van der Waals surface area (Å²) < 4.78 is 0. The first-order valence-corrected chi connectivity index (χ1v) is 8.95.